The summed E-state index contributed by atoms with van der Waals surface area (Å²) < 4.78 is 3.37. The molecule has 0 unspecified atom stereocenters. The van der Waals surface area contributed by atoms with E-state index >= 15 is 0 Å². The van der Waals surface area contributed by atoms with Crippen LogP contribution in [-0.4, -0.2) is 14.8 Å². The normalized spacial score (nSPS) is 15.7. The monoisotopic (exact) mass is 391 g/mol. The maximum atomic E-state index is 4.52. The predicted molar refractivity (Wildman–Crippen MR) is 99.7 cm³/mol. The molecule has 0 atom stereocenters. The van der Waals surface area contributed by atoms with Gasteiger partial charge < -0.3 is 4.57 Å². The third-order valence-electron chi connectivity index (χ3n) is 4.28. The summed E-state index contributed by atoms with van der Waals surface area (Å²) in [7, 11) is 0. The Bertz CT molecular complexity index is 662. The molecule has 1 aliphatic carbocycles. The van der Waals surface area contributed by atoms with E-state index in [1.54, 1.807) is 11.8 Å². The minimum Gasteiger partial charge on any atom is -0.302 e. The zero-order valence-corrected chi connectivity index (χ0v) is 15.7. The van der Waals surface area contributed by atoms with Crippen LogP contribution in [0.5, 0.6) is 0 Å². The van der Waals surface area contributed by atoms with E-state index in [1.165, 1.54) is 37.7 Å². The molecule has 2 aromatic rings. The van der Waals surface area contributed by atoms with Crippen LogP contribution in [0.1, 0.15) is 49.4 Å². The minimum absolute atomic E-state index is 0.566. The Kier molecular flexibility index (Phi) is 5.95. The van der Waals surface area contributed by atoms with Gasteiger partial charge in [-0.1, -0.05) is 65.2 Å². The molecule has 1 heterocycles. The number of thioether (sulfide) groups is 1. The third kappa shape index (κ3) is 4.27. The lowest BCUT2D eigenvalue weighted by Gasteiger charge is -2.21. The fourth-order valence-electron chi connectivity index (χ4n) is 3.14. The van der Waals surface area contributed by atoms with Gasteiger partial charge in [-0.3, -0.25) is 0 Å². The van der Waals surface area contributed by atoms with Crippen LogP contribution in [0.2, 0.25) is 0 Å². The third-order valence-corrected chi connectivity index (χ3v) is 5.82. The molecule has 122 valence electrons. The molecule has 23 heavy (non-hydrogen) atoms. The van der Waals surface area contributed by atoms with Crippen molar-refractivity contribution in [2.45, 2.75) is 55.5 Å². The largest absolute Gasteiger partial charge is 0.302 e. The van der Waals surface area contributed by atoms with Crippen molar-refractivity contribution < 1.29 is 0 Å². The van der Waals surface area contributed by atoms with E-state index in [0.29, 0.717) is 5.92 Å². The number of rotatable bonds is 6. The van der Waals surface area contributed by atoms with Gasteiger partial charge in [0, 0.05) is 22.7 Å². The summed E-state index contributed by atoms with van der Waals surface area (Å²) >= 11 is 5.28. The Balaban J connectivity index is 1.75. The van der Waals surface area contributed by atoms with Crippen LogP contribution in [0.4, 0.5) is 0 Å². The Hall–Kier alpha value is -1.07. The van der Waals surface area contributed by atoms with Gasteiger partial charge in [-0.2, -0.15) is 0 Å². The number of nitrogens with zero attached hydrogens (tertiary/aromatic N) is 3. The van der Waals surface area contributed by atoms with E-state index in [1.807, 2.05) is 6.08 Å². The smallest absolute Gasteiger partial charge is 0.191 e. The zero-order chi connectivity index (χ0) is 16.1. The van der Waals surface area contributed by atoms with Crippen molar-refractivity contribution in [3.63, 3.8) is 0 Å². The zero-order valence-electron chi connectivity index (χ0n) is 13.2. The van der Waals surface area contributed by atoms with Gasteiger partial charge in [0.2, 0.25) is 0 Å². The van der Waals surface area contributed by atoms with Crippen LogP contribution in [0, 0.1) is 0 Å². The van der Waals surface area contributed by atoms with Gasteiger partial charge in [-0.15, -0.1) is 16.8 Å². The van der Waals surface area contributed by atoms with Crippen LogP contribution >= 0.6 is 27.7 Å². The minimum atomic E-state index is 0.566. The summed E-state index contributed by atoms with van der Waals surface area (Å²) in [6, 6.07) is 8.43. The molecule has 0 bridgehead atoms. The Morgan fingerprint density at radius 3 is 2.83 bits per heavy atom. The maximum Gasteiger partial charge on any atom is 0.191 e. The number of benzene rings is 1. The molecule has 3 rings (SSSR count). The average Bonchev–Trinajstić information content (AvgIpc) is 2.97. The summed E-state index contributed by atoms with van der Waals surface area (Å²) in [6.07, 6.45) is 8.41. The van der Waals surface area contributed by atoms with Crippen molar-refractivity contribution in [1.29, 1.82) is 0 Å². The molecule has 1 aromatic heterocycles. The van der Waals surface area contributed by atoms with Gasteiger partial charge in [0.15, 0.2) is 5.16 Å². The summed E-state index contributed by atoms with van der Waals surface area (Å²) in [5.41, 5.74) is 1.29. The number of aromatic nitrogens is 3. The molecule has 1 fully saturated rings. The second kappa shape index (κ2) is 8.15. The van der Waals surface area contributed by atoms with Crippen molar-refractivity contribution in [2.24, 2.45) is 0 Å². The first-order valence-electron chi connectivity index (χ1n) is 8.19. The van der Waals surface area contributed by atoms with Crippen molar-refractivity contribution in [1.82, 2.24) is 14.8 Å². The molecule has 0 amide bonds. The van der Waals surface area contributed by atoms with E-state index in [2.05, 4.69) is 61.5 Å². The molecule has 1 aliphatic rings. The standard InChI is InChI=1S/C18H22BrN3S/c1-2-11-22-17(15-8-4-3-5-9-15)20-21-18(22)23-13-14-7-6-10-16(19)12-14/h2,6-7,10,12,15H,1,3-5,8-9,11,13H2. The van der Waals surface area contributed by atoms with E-state index in [0.717, 1.165) is 27.8 Å². The first-order valence-corrected chi connectivity index (χ1v) is 9.97. The summed E-state index contributed by atoms with van der Waals surface area (Å²) in [5, 5.41) is 9.99. The van der Waals surface area contributed by atoms with Gasteiger partial charge in [0.05, 0.1) is 0 Å². The van der Waals surface area contributed by atoms with Crippen molar-refractivity contribution in [3.8, 4) is 0 Å². The molecule has 0 aliphatic heterocycles. The van der Waals surface area contributed by atoms with Crippen molar-refractivity contribution >= 4 is 27.7 Å². The molecular formula is C18H22BrN3S. The van der Waals surface area contributed by atoms with Gasteiger partial charge in [-0.05, 0) is 30.5 Å². The van der Waals surface area contributed by atoms with Gasteiger partial charge in [0.25, 0.3) is 0 Å². The molecule has 5 heteroatoms. The highest BCUT2D eigenvalue weighted by molar-refractivity contribution is 9.10. The first-order chi connectivity index (χ1) is 11.3. The van der Waals surface area contributed by atoms with Gasteiger partial charge in [0.1, 0.15) is 5.82 Å². The highest BCUT2D eigenvalue weighted by Crippen LogP contribution is 2.33. The highest BCUT2D eigenvalue weighted by atomic mass is 79.9. The van der Waals surface area contributed by atoms with Crippen LogP contribution in [0.15, 0.2) is 46.5 Å². The summed E-state index contributed by atoms with van der Waals surface area (Å²) in [6.45, 7) is 4.69. The molecule has 0 saturated heterocycles. The molecule has 0 N–H and O–H groups in total. The van der Waals surface area contributed by atoms with Crippen LogP contribution < -0.4 is 0 Å². The van der Waals surface area contributed by atoms with Crippen LogP contribution in [0.3, 0.4) is 0 Å². The van der Waals surface area contributed by atoms with E-state index in [-0.39, 0.29) is 0 Å². The first kappa shape index (κ1) is 16.8. The van der Waals surface area contributed by atoms with E-state index < -0.39 is 0 Å². The van der Waals surface area contributed by atoms with Gasteiger partial charge in [-0.25, -0.2) is 0 Å². The van der Waals surface area contributed by atoms with Crippen LogP contribution in [0.25, 0.3) is 0 Å². The fraction of sp³-hybridized carbons (Fsp3) is 0.444. The average molecular weight is 392 g/mol. The van der Waals surface area contributed by atoms with E-state index in [9.17, 15) is 0 Å². The highest BCUT2D eigenvalue weighted by Gasteiger charge is 2.22. The molecule has 0 radical (unpaired) electrons. The molecule has 1 saturated carbocycles. The Morgan fingerprint density at radius 2 is 2.09 bits per heavy atom. The lowest BCUT2D eigenvalue weighted by atomic mass is 9.89. The summed E-state index contributed by atoms with van der Waals surface area (Å²) in [5.74, 6) is 2.62. The Morgan fingerprint density at radius 1 is 1.26 bits per heavy atom. The number of hydrogen-bond acceptors (Lipinski definition) is 3. The van der Waals surface area contributed by atoms with Crippen molar-refractivity contribution in [3.05, 3.63) is 52.8 Å². The summed E-state index contributed by atoms with van der Waals surface area (Å²) in [4.78, 5) is 0. The van der Waals surface area contributed by atoms with Gasteiger partial charge >= 0.3 is 0 Å². The fourth-order valence-corrected chi connectivity index (χ4v) is 4.49. The van der Waals surface area contributed by atoms with E-state index in [4.69, 9.17) is 0 Å². The molecule has 0 spiro atoms. The number of hydrogen-bond donors (Lipinski definition) is 0. The maximum absolute atomic E-state index is 4.52. The second-order valence-corrected chi connectivity index (χ2v) is 7.85. The second-order valence-electron chi connectivity index (χ2n) is 5.99. The molecule has 1 aromatic carbocycles. The molecular weight excluding hydrogens is 370 g/mol. The number of halogens is 1. The SMILES string of the molecule is C=CCn1c(SCc2cccc(Br)c2)nnc1C1CCCCC1. The lowest BCUT2D eigenvalue weighted by molar-refractivity contribution is 0.415. The Labute approximate surface area is 150 Å². The quantitative estimate of drug-likeness (QED) is 0.476. The lowest BCUT2D eigenvalue weighted by Crippen LogP contribution is -2.12. The number of allylic oxidation sites excluding steroid dienone is 1. The molecule has 3 nitrogen and oxygen atoms in total. The van der Waals surface area contributed by atoms with Crippen LogP contribution in [-0.2, 0) is 12.3 Å². The topological polar surface area (TPSA) is 30.7 Å². The predicted octanol–water partition coefficient (Wildman–Crippen LogP) is 5.57. The van der Waals surface area contributed by atoms with Crippen molar-refractivity contribution in [2.75, 3.05) is 0 Å².